The molecule has 1 aromatic rings. The molecule has 2 heteroatoms. The van der Waals surface area contributed by atoms with Gasteiger partial charge in [-0.3, -0.25) is 0 Å². The van der Waals surface area contributed by atoms with Gasteiger partial charge in [0.25, 0.3) is 0 Å². The van der Waals surface area contributed by atoms with Crippen LogP contribution < -0.4 is 5.73 Å². The molecule has 0 bridgehead atoms. The van der Waals surface area contributed by atoms with Gasteiger partial charge in [0.2, 0.25) is 0 Å². The summed E-state index contributed by atoms with van der Waals surface area (Å²) in [5, 5.41) is 0. The lowest BCUT2D eigenvalue weighted by molar-refractivity contribution is 0.591. The van der Waals surface area contributed by atoms with Crippen molar-refractivity contribution in [1.29, 1.82) is 0 Å². The molecule has 0 aliphatic rings. The van der Waals surface area contributed by atoms with Crippen molar-refractivity contribution in [1.82, 2.24) is 0 Å². The van der Waals surface area contributed by atoms with Gasteiger partial charge in [-0.05, 0) is 38.0 Å². The van der Waals surface area contributed by atoms with Crippen LogP contribution in [-0.2, 0) is 6.42 Å². The molecule has 1 aromatic carbocycles. The summed E-state index contributed by atoms with van der Waals surface area (Å²) >= 11 is 1.95. The Bertz CT molecular complexity index is 264. The Morgan fingerprint density at radius 1 is 1.20 bits per heavy atom. The Balaban J connectivity index is 2.08. The Kier molecular flexibility index (Phi) is 5.20. The summed E-state index contributed by atoms with van der Waals surface area (Å²) in [4.78, 5) is 0. The molecule has 0 atom stereocenters. The summed E-state index contributed by atoms with van der Waals surface area (Å²) in [6.45, 7) is 4.16. The molecule has 0 radical (unpaired) electrons. The second-order valence-electron chi connectivity index (χ2n) is 4.63. The lowest BCUT2D eigenvalue weighted by Gasteiger charge is -2.17. The summed E-state index contributed by atoms with van der Waals surface area (Å²) in [6.07, 6.45) is 2.42. The van der Waals surface area contributed by atoms with Crippen molar-refractivity contribution in [3.8, 4) is 0 Å². The highest BCUT2D eigenvalue weighted by Crippen LogP contribution is 2.12. The van der Waals surface area contributed by atoms with E-state index in [1.165, 1.54) is 24.2 Å². The zero-order valence-corrected chi connectivity index (χ0v) is 10.5. The van der Waals surface area contributed by atoms with Crippen LogP contribution in [0.5, 0.6) is 0 Å². The predicted octanol–water partition coefficient (Wildman–Crippen LogP) is 3.09. The van der Waals surface area contributed by atoms with Crippen LogP contribution >= 0.6 is 11.8 Å². The Labute approximate surface area is 97.4 Å². The summed E-state index contributed by atoms with van der Waals surface area (Å²) in [5.74, 6) is 2.25. The van der Waals surface area contributed by atoms with E-state index in [2.05, 4.69) is 44.2 Å². The fourth-order valence-corrected chi connectivity index (χ4v) is 2.38. The SMILES string of the molecule is CC(C)(N)CSCCCc1ccccc1. The van der Waals surface area contributed by atoms with Crippen molar-refractivity contribution in [3.63, 3.8) is 0 Å². The second kappa shape index (κ2) is 6.19. The van der Waals surface area contributed by atoms with E-state index in [1.54, 1.807) is 0 Å². The van der Waals surface area contributed by atoms with Gasteiger partial charge in [-0.2, -0.15) is 11.8 Å². The molecule has 0 fully saturated rings. The molecular formula is C13H21NS. The Morgan fingerprint density at radius 3 is 2.47 bits per heavy atom. The largest absolute Gasteiger partial charge is 0.325 e. The third-order valence-corrected chi connectivity index (χ3v) is 3.60. The fourth-order valence-electron chi connectivity index (χ4n) is 1.36. The van der Waals surface area contributed by atoms with Crippen molar-refractivity contribution >= 4 is 11.8 Å². The molecule has 0 aliphatic heterocycles. The molecule has 0 aromatic heterocycles. The predicted molar refractivity (Wildman–Crippen MR) is 70.4 cm³/mol. The van der Waals surface area contributed by atoms with Crippen LogP contribution in [0.15, 0.2) is 30.3 Å². The molecule has 0 amide bonds. The van der Waals surface area contributed by atoms with E-state index in [0.29, 0.717) is 0 Å². The van der Waals surface area contributed by atoms with Gasteiger partial charge in [-0.25, -0.2) is 0 Å². The zero-order chi connectivity index (χ0) is 11.1. The summed E-state index contributed by atoms with van der Waals surface area (Å²) in [6, 6.07) is 10.7. The number of hydrogen-bond donors (Lipinski definition) is 1. The minimum Gasteiger partial charge on any atom is -0.325 e. The van der Waals surface area contributed by atoms with Crippen LogP contribution in [-0.4, -0.2) is 17.0 Å². The first-order valence-electron chi connectivity index (χ1n) is 5.48. The standard InChI is InChI=1S/C13H21NS/c1-13(2,14)11-15-10-6-9-12-7-4-3-5-8-12/h3-5,7-8H,6,9-11,14H2,1-2H3. The number of aryl methyl sites for hydroxylation is 1. The summed E-state index contributed by atoms with van der Waals surface area (Å²) in [7, 11) is 0. The van der Waals surface area contributed by atoms with Crippen LogP contribution in [0.4, 0.5) is 0 Å². The van der Waals surface area contributed by atoms with Crippen LogP contribution in [0.2, 0.25) is 0 Å². The summed E-state index contributed by atoms with van der Waals surface area (Å²) < 4.78 is 0. The van der Waals surface area contributed by atoms with Crippen molar-refractivity contribution in [3.05, 3.63) is 35.9 Å². The van der Waals surface area contributed by atoms with E-state index in [4.69, 9.17) is 5.73 Å². The van der Waals surface area contributed by atoms with Crippen molar-refractivity contribution in [2.75, 3.05) is 11.5 Å². The highest BCUT2D eigenvalue weighted by Gasteiger charge is 2.09. The van der Waals surface area contributed by atoms with Gasteiger partial charge in [0, 0.05) is 11.3 Å². The van der Waals surface area contributed by atoms with Gasteiger partial charge in [-0.1, -0.05) is 30.3 Å². The molecule has 2 N–H and O–H groups in total. The summed E-state index contributed by atoms with van der Waals surface area (Å²) in [5.41, 5.74) is 7.31. The topological polar surface area (TPSA) is 26.0 Å². The number of nitrogens with two attached hydrogens (primary N) is 1. The van der Waals surface area contributed by atoms with E-state index in [-0.39, 0.29) is 5.54 Å². The molecule has 84 valence electrons. The van der Waals surface area contributed by atoms with Gasteiger partial charge in [0.05, 0.1) is 0 Å². The van der Waals surface area contributed by atoms with Crippen LogP contribution in [0.3, 0.4) is 0 Å². The molecule has 15 heavy (non-hydrogen) atoms. The monoisotopic (exact) mass is 223 g/mol. The second-order valence-corrected chi connectivity index (χ2v) is 5.74. The lowest BCUT2D eigenvalue weighted by Crippen LogP contribution is -2.34. The third-order valence-electron chi connectivity index (χ3n) is 2.07. The maximum atomic E-state index is 5.91. The number of benzene rings is 1. The Hall–Kier alpha value is -0.470. The average Bonchev–Trinajstić information content (AvgIpc) is 2.17. The first-order chi connectivity index (χ1) is 7.08. The number of rotatable bonds is 6. The van der Waals surface area contributed by atoms with E-state index in [1.807, 2.05) is 11.8 Å². The molecule has 1 nitrogen and oxygen atoms in total. The Morgan fingerprint density at radius 2 is 1.87 bits per heavy atom. The highest BCUT2D eigenvalue weighted by atomic mass is 32.2. The van der Waals surface area contributed by atoms with Crippen LogP contribution in [0, 0.1) is 0 Å². The van der Waals surface area contributed by atoms with Gasteiger partial charge < -0.3 is 5.73 Å². The normalized spacial score (nSPS) is 11.7. The molecule has 1 rings (SSSR count). The van der Waals surface area contributed by atoms with Crippen LogP contribution in [0.25, 0.3) is 0 Å². The minimum absolute atomic E-state index is 0.0303. The molecule has 0 spiro atoms. The third kappa shape index (κ3) is 6.58. The van der Waals surface area contributed by atoms with E-state index < -0.39 is 0 Å². The lowest BCUT2D eigenvalue weighted by atomic mass is 10.1. The van der Waals surface area contributed by atoms with E-state index in [0.717, 1.165) is 5.75 Å². The fraction of sp³-hybridized carbons (Fsp3) is 0.538. The van der Waals surface area contributed by atoms with Crippen molar-refractivity contribution < 1.29 is 0 Å². The van der Waals surface area contributed by atoms with Gasteiger partial charge in [-0.15, -0.1) is 0 Å². The molecule has 0 aliphatic carbocycles. The van der Waals surface area contributed by atoms with Gasteiger partial charge in [0.15, 0.2) is 0 Å². The van der Waals surface area contributed by atoms with Crippen molar-refractivity contribution in [2.45, 2.75) is 32.2 Å². The average molecular weight is 223 g/mol. The number of hydrogen-bond acceptors (Lipinski definition) is 2. The maximum Gasteiger partial charge on any atom is 0.0188 e. The molecule has 0 heterocycles. The van der Waals surface area contributed by atoms with E-state index in [9.17, 15) is 0 Å². The van der Waals surface area contributed by atoms with E-state index >= 15 is 0 Å². The first-order valence-corrected chi connectivity index (χ1v) is 6.64. The first kappa shape index (κ1) is 12.6. The number of thioether (sulfide) groups is 1. The quantitative estimate of drug-likeness (QED) is 0.750. The molecule has 0 unspecified atom stereocenters. The maximum absolute atomic E-state index is 5.91. The highest BCUT2D eigenvalue weighted by molar-refractivity contribution is 7.99. The van der Waals surface area contributed by atoms with Gasteiger partial charge >= 0.3 is 0 Å². The molecule has 0 saturated carbocycles. The smallest absolute Gasteiger partial charge is 0.0188 e. The van der Waals surface area contributed by atoms with Crippen molar-refractivity contribution in [2.24, 2.45) is 5.73 Å². The van der Waals surface area contributed by atoms with Gasteiger partial charge in [0.1, 0.15) is 0 Å². The molecule has 0 saturated heterocycles. The molecular weight excluding hydrogens is 202 g/mol. The van der Waals surface area contributed by atoms with Crippen LogP contribution in [0.1, 0.15) is 25.8 Å². The minimum atomic E-state index is -0.0303. The zero-order valence-electron chi connectivity index (χ0n) is 9.70.